The number of fused-ring (bicyclic) bond motifs is 3. The molecule has 0 fully saturated rings. The monoisotopic (exact) mass is 405 g/mol. The van der Waals surface area contributed by atoms with Crippen LogP contribution < -0.4 is 10.6 Å². The summed E-state index contributed by atoms with van der Waals surface area (Å²) in [6.07, 6.45) is 4.79. The second kappa shape index (κ2) is 7.25. The molecule has 0 spiro atoms. The summed E-state index contributed by atoms with van der Waals surface area (Å²) in [6, 6.07) is 25.5. The highest BCUT2D eigenvalue weighted by Gasteiger charge is 2.22. The van der Waals surface area contributed by atoms with E-state index in [1.807, 2.05) is 30.6 Å². The molecule has 2 N–H and O–H groups in total. The third kappa shape index (κ3) is 3.16. The van der Waals surface area contributed by atoms with Gasteiger partial charge in [-0.15, -0.1) is 0 Å². The maximum absolute atomic E-state index is 6.35. The summed E-state index contributed by atoms with van der Waals surface area (Å²) in [6.45, 7) is 1.81. The van der Waals surface area contributed by atoms with E-state index < -0.39 is 0 Å². The Morgan fingerprint density at radius 3 is 2.74 bits per heavy atom. The highest BCUT2D eigenvalue weighted by Crippen LogP contribution is 2.35. The van der Waals surface area contributed by atoms with Crippen molar-refractivity contribution in [3.63, 3.8) is 0 Å². The zero-order valence-corrected chi connectivity index (χ0v) is 17.2. The number of hydrogen-bond donors (Lipinski definition) is 1. The zero-order valence-electron chi connectivity index (χ0n) is 17.2. The van der Waals surface area contributed by atoms with Gasteiger partial charge in [-0.3, -0.25) is 4.98 Å². The fourth-order valence-electron chi connectivity index (χ4n) is 4.66. The van der Waals surface area contributed by atoms with Crippen LogP contribution in [0.15, 0.2) is 89.6 Å². The Bertz CT molecular complexity index is 1370. The molecule has 4 heteroatoms. The van der Waals surface area contributed by atoms with E-state index in [-0.39, 0.29) is 6.04 Å². The molecule has 5 aromatic rings. The molecule has 2 aromatic heterocycles. The summed E-state index contributed by atoms with van der Waals surface area (Å²) in [7, 11) is 0. The minimum absolute atomic E-state index is 0.120. The normalized spacial score (nSPS) is 16.0. The number of furan rings is 1. The van der Waals surface area contributed by atoms with Crippen molar-refractivity contribution in [3.05, 3.63) is 96.3 Å². The van der Waals surface area contributed by atoms with Crippen molar-refractivity contribution in [1.82, 2.24) is 4.98 Å². The molecule has 0 aliphatic carbocycles. The number of nitrogens with two attached hydrogens (primary N) is 1. The third-order valence-electron chi connectivity index (χ3n) is 6.28. The topological polar surface area (TPSA) is 55.3 Å². The number of rotatable bonds is 3. The second-order valence-corrected chi connectivity index (χ2v) is 8.27. The molecule has 0 radical (unpaired) electrons. The number of anilines is 1. The van der Waals surface area contributed by atoms with Gasteiger partial charge in [0.15, 0.2) is 0 Å². The van der Waals surface area contributed by atoms with Gasteiger partial charge in [-0.1, -0.05) is 48.5 Å². The minimum Gasteiger partial charge on any atom is -0.456 e. The van der Waals surface area contributed by atoms with Crippen LogP contribution in [0.25, 0.3) is 33.1 Å². The van der Waals surface area contributed by atoms with E-state index in [2.05, 4.69) is 64.5 Å². The highest BCUT2D eigenvalue weighted by molar-refractivity contribution is 5.97. The summed E-state index contributed by atoms with van der Waals surface area (Å²) < 4.78 is 6.15. The quantitative estimate of drug-likeness (QED) is 0.396. The number of nitrogens with zero attached hydrogens (tertiary/aromatic N) is 2. The zero-order chi connectivity index (χ0) is 20.8. The maximum atomic E-state index is 6.35. The molecule has 4 nitrogen and oxygen atoms in total. The molecule has 1 aliphatic heterocycles. The Morgan fingerprint density at radius 2 is 1.81 bits per heavy atom. The van der Waals surface area contributed by atoms with Gasteiger partial charge < -0.3 is 15.1 Å². The first-order chi connectivity index (χ1) is 15.3. The number of pyridine rings is 1. The molecule has 6 rings (SSSR count). The predicted molar refractivity (Wildman–Crippen MR) is 126 cm³/mol. The van der Waals surface area contributed by atoms with Gasteiger partial charge in [0, 0.05) is 53.5 Å². The van der Waals surface area contributed by atoms with Gasteiger partial charge >= 0.3 is 0 Å². The van der Waals surface area contributed by atoms with Gasteiger partial charge in [-0.2, -0.15) is 0 Å². The standard InChI is InChI=1S/C27H23N3O/c28-24-11-12-30(25-7-3-2-6-21(24)25)17-18-9-10-20-15-29-16-23(22(20)13-18)27-14-19-5-1-4-8-26(19)31-27/h1-10,13-16,24H,11-12,17,28H2. The second-order valence-electron chi connectivity index (χ2n) is 8.27. The van der Waals surface area contributed by atoms with Crippen molar-refractivity contribution >= 4 is 27.4 Å². The van der Waals surface area contributed by atoms with Crippen LogP contribution in [-0.2, 0) is 6.54 Å². The van der Waals surface area contributed by atoms with Gasteiger partial charge in [0.1, 0.15) is 11.3 Å². The van der Waals surface area contributed by atoms with Crippen LogP contribution >= 0.6 is 0 Å². The number of para-hydroxylation sites is 2. The molecule has 3 heterocycles. The van der Waals surface area contributed by atoms with Gasteiger partial charge in [-0.25, -0.2) is 0 Å². The van der Waals surface area contributed by atoms with Crippen molar-refractivity contribution in [1.29, 1.82) is 0 Å². The maximum Gasteiger partial charge on any atom is 0.137 e. The van der Waals surface area contributed by atoms with Crippen LogP contribution in [0.1, 0.15) is 23.6 Å². The van der Waals surface area contributed by atoms with Crippen molar-refractivity contribution in [2.45, 2.75) is 19.0 Å². The number of hydrogen-bond acceptors (Lipinski definition) is 4. The molecule has 3 aromatic carbocycles. The Hall–Kier alpha value is -3.63. The lowest BCUT2D eigenvalue weighted by molar-refractivity contribution is 0.590. The molecule has 1 unspecified atom stereocenters. The lowest BCUT2D eigenvalue weighted by atomic mass is 9.96. The first-order valence-corrected chi connectivity index (χ1v) is 10.7. The molecular formula is C27H23N3O. The van der Waals surface area contributed by atoms with Crippen LogP contribution in [0, 0.1) is 0 Å². The molecule has 1 aliphatic rings. The summed E-state index contributed by atoms with van der Waals surface area (Å²) in [5.74, 6) is 0.853. The average Bonchev–Trinajstić information content (AvgIpc) is 3.25. The molecular weight excluding hydrogens is 382 g/mol. The predicted octanol–water partition coefficient (Wildman–Crippen LogP) is 6.06. The minimum atomic E-state index is 0.120. The molecule has 152 valence electrons. The van der Waals surface area contributed by atoms with Crippen molar-refractivity contribution in [3.8, 4) is 11.3 Å². The van der Waals surface area contributed by atoms with E-state index in [0.717, 1.165) is 52.6 Å². The summed E-state index contributed by atoms with van der Waals surface area (Å²) in [4.78, 5) is 6.89. The SMILES string of the molecule is NC1CCN(Cc2ccc3cncc(-c4cc5ccccc5o4)c3c2)c2ccccc21. The Balaban J connectivity index is 1.41. The molecule has 1 atom stereocenters. The van der Waals surface area contributed by atoms with Gasteiger partial charge in [0.2, 0.25) is 0 Å². The van der Waals surface area contributed by atoms with Crippen molar-refractivity contribution < 1.29 is 4.42 Å². The lowest BCUT2D eigenvalue weighted by Crippen LogP contribution is -2.33. The Kier molecular flexibility index (Phi) is 4.25. The average molecular weight is 406 g/mol. The first-order valence-electron chi connectivity index (χ1n) is 10.7. The Morgan fingerprint density at radius 1 is 0.935 bits per heavy atom. The fraction of sp³-hybridized carbons (Fsp3) is 0.148. The molecule has 31 heavy (non-hydrogen) atoms. The van der Waals surface area contributed by atoms with Crippen LogP contribution in [-0.4, -0.2) is 11.5 Å². The van der Waals surface area contributed by atoms with Crippen LogP contribution in [0.2, 0.25) is 0 Å². The highest BCUT2D eigenvalue weighted by atomic mass is 16.3. The fourth-order valence-corrected chi connectivity index (χ4v) is 4.66. The molecule has 0 bridgehead atoms. The van der Waals surface area contributed by atoms with E-state index in [1.165, 1.54) is 16.8 Å². The summed E-state index contributed by atoms with van der Waals surface area (Å²) >= 11 is 0. The molecule has 0 amide bonds. The van der Waals surface area contributed by atoms with Gasteiger partial charge in [-0.05, 0) is 47.2 Å². The van der Waals surface area contributed by atoms with E-state index in [9.17, 15) is 0 Å². The number of benzene rings is 3. The van der Waals surface area contributed by atoms with E-state index in [0.29, 0.717) is 0 Å². The van der Waals surface area contributed by atoms with E-state index >= 15 is 0 Å². The first kappa shape index (κ1) is 18.2. The van der Waals surface area contributed by atoms with Crippen molar-refractivity contribution in [2.24, 2.45) is 5.73 Å². The van der Waals surface area contributed by atoms with Crippen LogP contribution in [0.3, 0.4) is 0 Å². The van der Waals surface area contributed by atoms with Crippen LogP contribution in [0.5, 0.6) is 0 Å². The van der Waals surface area contributed by atoms with Crippen LogP contribution in [0.4, 0.5) is 5.69 Å². The van der Waals surface area contributed by atoms with Gasteiger partial charge in [0.05, 0.1) is 0 Å². The third-order valence-corrected chi connectivity index (χ3v) is 6.28. The smallest absolute Gasteiger partial charge is 0.137 e. The molecule has 0 saturated heterocycles. The molecule has 0 saturated carbocycles. The van der Waals surface area contributed by atoms with E-state index in [4.69, 9.17) is 10.2 Å². The number of aromatic nitrogens is 1. The summed E-state index contributed by atoms with van der Waals surface area (Å²) in [5, 5.41) is 3.38. The van der Waals surface area contributed by atoms with Gasteiger partial charge in [0.25, 0.3) is 0 Å². The Labute approximate surface area is 180 Å². The lowest BCUT2D eigenvalue weighted by Gasteiger charge is -2.34. The summed E-state index contributed by atoms with van der Waals surface area (Å²) in [5.41, 5.74) is 12.0. The largest absolute Gasteiger partial charge is 0.456 e. The van der Waals surface area contributed by atoms with E-state index in [1.54, 1.807) is 0 Å². The van der Waals surface area contributed by atoms with Crippen molar-refractivity contribution in [2.75, 3.05) is 11.4 Å².